The molecule has 0 fully saturated rings. The molecule has 0 saturated heterocycles. The van der Waals surface area contributed by atoms with Crippen LogP contribution >= 0.6 is 11.6 Å². The number of nitriles is 1. The van der Waals surface area contributed by atoms with Crippen LogP contribution < -0.4 is 9.50 Å². The molecule has 0 radical (unpaired) electrons. The fourth-order valence-electron chi connectivity index (χ4n) is 4.10. The molecule has 1 aromatic rings. The largest absolute Gasteiger partial charge is 0.477 e. The van der Waals surface area contributed by atoms with Gasteiger partial charge in [0.2, 0.25) is 0 Å². The van der Waals surface area contributed by atoms with Crippen LogP contribution in [0, 0.1) is 11.3 Å². The predicted molar refractivity (Wildman–Crippen MR) is 152 cm³/mol. The van der Waals surface area contributed by atoms with Crippen molar-refractivity contribution in [3.8, 4) is 11.8 Å². The first kappa shape index (κ1) is 34.3. The molecule has 3 N–H and O–H groups in total. The smallest absolute Gasteiger partial charge is 0.344 e. The van der Waals surface area contributed by atoms with E-state index in [0.29, 0.717) is 6.42 Å². The molecule has 1 aromatic carbocycles. The van der Waals surface area contributed by atoms with Crippen molar-refractivity contribution in [2.75, 3.05) is 11.1 Å². The van der Waals surface area contributed by atoms with Crippen molar-refractivity contribution in [3.05, 3.63) is 34.5 Å². The van der Waals surface area contributed by atoms with Crippen molar-refractivity contribution in [1.29, 1.82) is 5.26 Å². The number of hydrogen-bond donors (Lipinski definition) is 3. The van der Waals surface area contributed by atoms with Gasteiger partial charge in [-0.15, -0.1) is 0 Å². The van der Waals surface area contributed by atoms with Gasteiger partial charge in [0.15, 0.2) is 5.57 Å². The molecule has 0 aliphatic heterocycles. The number of allylic oxidation sites excluding steroid dienone is 1. The summed E-state index contributed by atoms with van der Waals surface area (Å²) in [6.07, 6.45) is 15.6. The molecule has 11 heteroatoms. The molecule has 0 aliphatic carbocycles. The second kappa shape index (κ2) is 19.3. The van der Waals surface area contributed by atoms with E-state index in [-0.39, 0.29) is 22.2 Å². The maximum Gasteiger partial charge on any atom is 0.344 e. The Morgan fingerprint density at radius 1 is 0.897 bits per heavy atom. The van der Waals surface area contributed by atoms with Crippen molar-refractivity contribution >= 4 is 39.3 Å². The van der Waals surface area contributed by atoms with Crippen LogP contribution in [-0.2, 0) is 19.7 Å². The first-order valence-electron chi connectivity index (χ1n) is 13.7. The van der Waals surface area contributed by atoms with E-state index in [1.807, 2.05) is 0 Å². The first-order valence-corrected chi connectivity index (χ1v) is 15.6. The molecule has 0 unspecified atom stereocenters. The minimum absolute atomic E-state index is 0.00566. The second-order valence-electron chi connectivity index (χ2n) is 9.51. The highest BCUT2D eigenvalue weighted by Crippen LogP contribution is 2.30. The molecule has 1 rings (SSSR count). The highest BCUT2D eigenvalue weighted by Gasteiger charge is 2.23. The van der Waals surface area contributed by atoms with Crippen LogP contribution in [0.4, 0.5) is 5.69 Å². The van der Waals surface area contributed by atoms with Crippen molar-refractivity contribution < 1.29 is 32.4 Å². The van der Waals surface area contributed by atoms with Gasteiger partial charge in [-0.05, 0) is 18.6 Å². The minimum atomic E-state index is -3.89. The van der Waals surface area contributed by atoms with Crippen LogP contribution in [0.5, 0.6) is 5.75 Å². The standard InChI is InChI=1S/C28H41ClN2O7S/c1-2-3-4-5-6-7-8-9-10-11-12-13-14-15-20-39(36,37)38-22-16-17-23(29)25(21-22)31-24(18-19-30)26(27(32)33)28(34)35/h16-17,21,31H,2-15,18,20H2,1H3,(H,32,33)(H,34,35). The summed E-state index contributed by atoms with van der Waals surface area (Å²) in [5, 5.41) is 29.9. The Kier molecular flexibility index (Phi) is 17.0. The summed E-state index contributed by atoms with van der Waals surface area (Å²) in [5.41, 5.74) is -1.42. The average molecular weight is 585 g/mol. The maximum atomic E-state index is 12.4. The Morgan fingerprint density at radius 3 is 1.85 bits per heavy atom. The van der Waals surface area contributed by atoms with E-state index in [0.717, 1.165) is 25.7 Å². The Balaban J connectivity index is 2.48. The summed E-state index contributed by atoms with van der Waals surface area (Å²) in [4.78, 5) is 22.7. The molecule has 0 bridgehead atoms. The number of carboxylic acid groups (broad SMARTS) is 2. The summed E-state index contributed by atoms with van der Waals surface area (Å²) in [6, 6.07) is 5.56. The normalized spacial score (nSPS) is 11.0. The van der Waals surface area contributed by atoms with Crippen LogP contribution in [0.3, 0.4) is 0 Å². The van der Waals surface area contributed by atoms with Gasteiger partial charge in [0.05, 0.1) is 34.6 Å². The summed E-state index contributed by atoms with van der Waals surface area (Å²) in [5.74, 6) is -3.70. The van der Waals surface area contributed by atoms with Gasteiger partial charge in [0, 0.05) is 6.07 Å². The number of halogens is 1. The minimum Gasteiger partial charge on any atom is -0.477 e. The number of carbonyl (C=O) groups is 2. The van der Waals surface area contributed by atoms with E-state index in [1.54, 1.807) is 6.07 Å². The molecule has 0 saturated carbocycles. The van der Waals surface area contributed by atoms with Gasteiger partial charge >= 0.3 is 22.1 Å². The third kappa shape index (κ3) is 14.8. The topological polar surface area (TPSA) is 154 Å². The first-order chi connectivity index (χ1) is 18.6. The van der Waals surface area contributed by atoms with E-state index < -0.39 is 39.7 Å². The molecule has 9 nitrogen and oxygen atoms in total. The number of carboxylic acids is 2. The lowest BCUT2D eigenvalue weighted by atomic mass is 10.0. The zero-order valence-corrected chi connectivity index (χ0v) is 24.3. The Bertz CT molecular complexity index is 1080. The number of nitrogens with one attached hydrogen (secondary N) is 1. The van der Waals surface area contributed by atoms with E-state index >= 15 is 0 Å². The van der Waals surface area contributed by atoms with Gasteiger partial charge in [-0.3, -0.25) is 0 Å². The van der Waals surface area contributed by atoms with Crippen molar-refractivity contribution in [3.63, 3.8) is 0 Å². The molecule has 0 atom stereocenters. The van der Waals surface area contributed by atoms with Gasteiger partial charge < -0.3 is 19.7 Å². The summed E-state index contributed by atoms with van der Waals surface area (Å²) in [6.45, 7) is 2.23. The van der Waals surface area contributed by atoms with Crippen molar-refractivity contribution in [1.82, 2.24) is 0 Å². The molecule has 0 aliphatic rings. The number of benzene rings is 1. The van der Waals surface area contributed by atoms with Crippen LogP contribution in [0.25, 0.3) is 0 Å². The molecule has 0 spiro atoms. The number of anilines is 1. The molecule has 0 heterocycles. The molecular weight excluding hydrogens is 544 g/mol. The predicted octanol–water partition coefficient (Wildman–Crippen LogP) is 7.28. The van der Waals surface area contributed by atoms with E-state index in [1.165, 1.54) is 76.0 Å². The molecular formula is C28H41ClN2O7S. The fourth-order valence-corrected chi connectivity index (χ4v) is 5.30. The zero-order chi connectivity index (χ0) is 29.1. The highest BCUT2D eigenvalue weighted by atomic mass is 35.5. The highest BCUT2D eigenvalue weighted by molar-refractivity contribution is 7.87. The Labute approximate surface area is 237 Å². The van der Waals surface area contributed by atoms with Crippen LogP contribution in [0.15, 0.2) is 29.5 Å². The zero-order valence-electron chi connectivity index (χ0n) is 22.7. The SMILES string of the molecule is CCCCCCCCCCCCCCCCS(=O)(=O)Oc1ccc(Cl)c(NC(CC#N)=C(C(=O)O)C(=O)O)c1. The molecule has 218 valence electrons. The third-order valence-corrected chi connectivity index (χ3v) is 7.74. The van der Waals surface area contributed by atoms with Crippen molar-refractivity contribution in [2.24, 2.45) is 0 Å². The van der Waals surface area contributed by atoms with Crippen LogP contribution in [-0.4, -0.2) is 36.3 Å². The number of unbranched alkanes of at least 4 members (excludes halogenated alkanes) is 13. The molecule has 39 heavy (non-hydrogen) atoms. The van der Waals surface area contributed by atoms with E-state index in [2.05, 4.69) is 12.2 Å². The lowest BCUT2D eigenvalue weighted by molar-refractivity contribution is -0.140. The van der Waals surface area contributed by atoms with Gasteiger partial charge in [-0.25, -0.2) is 9.59 Å². The number of rotatable bonds is 22. The van der Waals surface area contributed by atoms with E-state index in [4.69, 9.17) is 21.0 Å². The Morgan fingerprint density at radius 2 is 1.38 bits per heavy atom. The number of aliphatic carboxylic acids is 2. The van der Waals surface area contributed by atoms with Gasteiger partial charge in [0.1, 0.15) is 5.75 Å². The molecule has 0 aromatic heterocycles. The lowest BCUT2D eigenvalue weighted by Crippen LogP contribution is -2.18. The van der Waals surface area contributed by atoms with E-state index in [9.17, 15) is 28.2 Å². The summed E-state index contributed by atoms with van der Waals surface area (Å²) in [7, 11) is -3.89. The number of hydrogen-bond acceptors (Lipinski definition) is 7. The van der Waals surface area contributed by atoms with Gasteiger partial charge in [-0.2, -0.15) is 13.7 Å². The molecule has 0 amide bonds. The maximum absolute atomic E-state index is 12.4. The van der Waals surface area contributed by atoms with Crippen LogP contribution in [0.2, 0.25) is 5.02 Å². The average Bonchev–Trinajstić information content (AvgIpc) is 2.85. The lowest BCUT2D eigenvalue weighted by Gasteiger charge is -2.14. The monoisotopic (exact) mass is 584 g/mol. The Hall–Kier alpha value is -2.77. The van der Waals surface area contributed by atoms with Crippen molar-refractivity contribution in [2.45, 2.75) is 103 Å². The summed E-state index contributed by atoms with van der Waals surface area (Å²) < 4.78 is 30.1. The fraction of sp³-hybridized carbons (Fsp3) is 0.607. The van der Waals surface area contributed by atoms with Crippen LogP contribution in [0.1, 0.15) is 103 Å². The van der Waals surface area contributed by atoms with Gasteiger partial charge in [-0.1, -0.05) is 102 Å². The summed E-state index contributed by atoms with van der Waals surface area (Å²) >= 11 is 6.11. The third-order valence-electron chi connectivity index (χ3n) is 6.18. The van der Waals surface area contributed by atoms with Gasteiger partial charge in [0.25, 0.3) is 0 Å². The quantitative estimate of drug-likeness (QED) is 0.0419. The second-order valence-corrected chi connectivity index (χ2v) is 11.6. The number of nitrogens with zero attached hydrogens (tertiary/aromatic N) is 1.